The zero-order valence-corrected chi connectivity index (χ0v) is 19.0. The zero-order valence-electron chi connectivity index (χ0n) is 19.0. The Kier molecular flexibility index (Phi) is 5.14. The molecule has 4 rings (SSSR count). The number of amides is 1. The normalized spacial score (nSPS) is 17.8. The molecule has 1 aliphatic carbocycles. The quantitative estimate of drug-likeness (QED) is 0.762. The van der Waals surface area contributed by atoms with Crippen LogP contribution in [0.25, 0.3) is 0 Å². The molecule has 0 saturated carbocycles. The molecule has 0 aromatic carbocycles. The number of piperidine rings is 1. The van der Waals surface area contributed by atoms with Crippen molar-refractivity contribution in [3.05, 3.63) is 54.9 Å². The smallest absolute Gasteiger partial charge is 0.254 e. The number of rotatable bonds is 2. The van der Waals surface area contributed by atoms with E-state index in [0.29, 0.717) is 30.2 Å². The number of carbonyl (C=O) groups excluding carboxylic acids is 1. The molecular weight excluding hydrogens is 394 g/mol. The van der Waals surface area contributed by atoms with Gasteiger partial charge >= 0.3 is 0 Å². The molecule has 0 atom stereocenters. The minimum atomic E-state index is -0.241. The Balaban J connectivity index is 1.53. The molecule has 0 bridgehead atoms. The molecule has 1 saturated heterocycles. The second-order valence-corrected chi connectivity index (χ2v) is 10.0. The lowest BCUT2D eigenvalue weighted by Gasteiger charge is -2.39. The predicted molar refractivity (Wildman–Crippen MR) is 117 cm³/mol. The van der Waals surface area contributed by atoms with Gasteiger partial charge in [0.05, 0.1) is 12.1 Å². The Morgan fingerprint density at radius 3 is 2.32 bits per heavy atom. The number of hydrogen-bond donors (Lipinski definition) is 2. The van der Waals surface area contributed by atoms with Gasteiger partial charge in [0, 0.05) is 40.7 Å². The van der Waals surface area contributed by atoms with Gasteiger partial charge in [-0.3, -0.25) is 14.4 Å². The SMILES string of the molecule is Cc1nc(C)c(CC(=O)N2CCC3(CCc4c3nc(C(C)(C)C)[nH]c4=O)CC2)c(=O)[nH]1. The molecule has 1 amide bonds. The van der Waals surface area contributed by atoms with Crippen LogP contribution in [0.3, 0.4) is 0 Å². The fraction of sp³-hybridized carbons (Fsp3) is 0.609. The van der Waals surface area contributed by atoms with Crippen molar-refractivity contribution in [1.82, 2.24) is 24.8 Å². The Morgan fingerprint density at radius 1 is 1.03 bits per heavy atom. The van der Waals surface area contributed by atoms with Gasteiger partial charge in [-0.1, -0.05) is 20.8 Å². The Bertz CT molecular complexity index is 1150. The van der Waals surface area contributed by atoms with Crippen LogP contribution >= 0.6 is 0 Å². The van der Waals surface area contributed by atoms with Crippen LogP contribution < -0.4 is 11.1 Å². The van der Waals surface area contributed by atoms with E-state index >= 15 is 0 Å². The summed E-state index contributed by atoms with van der Waals surface area (Å²) >= 11 is 0. The highest BCUT2D eigenvalue weighted by molar-refractivity contribution is 5.79. The lowest BCUT2D eigenvalue weighted by atomic mass is 9.76. The number of nitrogens with one attached hydrogen (secondary N) is 2. The minimum absolute atomic E-state index is 0.0214. The molecule has 8 heteroatoms. The summed E-state index contributed by atoms with van der Waals surface area (Å²) in [6.45, 7) is 10.8. The number of aromatic amines is 2. The van der Waals surface area contributed by atoms with Crippen molar-refractivity contribution in [3.63, 3.8) is 0 Å². The van der Waals surface area contributed by atoms with E-state index in [0.717, 1.165) is 42.8 Å². The topological polar surface area (TPSA) is 112 Å². The average Bonchev–Trinajstić information content (AvgIpc) is 3.03. The summed E-state index contributed by atoms with van der Waals surface area (Å²) in [7, 11) is 0. The Morgan fingerprint density at radius 2 is 1.71 bits per heavy atom. The summed E-state index contributed by atoms with van der Waals surface area (Å²) in [6, 6.07) is 0. The van der Waals surface area contributed by atoms with E-state index < -0.39 is 0 Å². The van der Waals surface area contributed by atoms with Gasteiger partial charge < -0.3 is 14.9 Å². The third kappa shape index (κ3) is 3.83. The van der Waals surface area contributed by atoms with E-state index in [1.54, 1.807) is 13.8 Å². The van der Waals surface area contributed by atoms with Crippen LogP contribution in [0.2, 0.25) is 0 Å². The molecule has 31 heavy (non-hydrogen) atoms. The molecule has 2 N–H and O–H groups in total. The summed E-state index contributed by atoms with van der Waals surface area (Å²) in [5.41, 5.74) is 2.14. The van der Waals surface area contributed by atoms with Crippen molar-refractivity contribution in [2.75, 3.05) is 13.1 Å². The Hall–Kier alpha value is -2.77. The van der Waals surface area contributed by atoms with E-state index in [2.05, 4.69) is 15.0 Å². The summed E-state index contributed by atoms with van der Waals surface area (Å²) in [5.74, 6) is 1.22. The number of nitrogens with zero attached hydrogens (tertiary/aromatic N) is 3. The molecule has 3 heterocycles. The molecule has 1 fully saturated rings. The molecule has 2 aliphatic rings. The molecule has 166 valence electrons. The summed E-state index contributed by atoms with van der Waals surface area (Å²) in [6.07, 6.45) is 3.26. The maximum Gasteiger partial charge on any atom is 0.254 e. The van der Waals surface area contributed by atoms with E-state index in [1.807, 2.05) is 25.7 Å². The monoisotopic (exact) mass is 425 g/mol. The van der Waals surface area contributed by atoms with Crippen LogP contribution in [-0.2, 0) is 28.5 Å². The molecule has 2 aromatic rings. The second-order valence-electron chi connectivity index (χ2n) is 10.0. The zero-order chi connectivity index (χ0) is 22.6. The number of likely N-dealkylation sites (tertiary alicyclic amines) is 1. The fourth-order valence-corrected chi connectivity index (χ4v) is 4.90. The van der Waals surface area contributed by atoms with E-state index in [-0.39, 0.29) is 34.3 Å². The van der Waals surface area contributed by atoms with Crippen molar-refractivity contribution in [3.8, 4) is 0 Å². The first-order chi connectivity index (χ1) is 14.5. The highest BCUT2D eigenvalue weighted by Crippen LogP contribution is 2.44. The summed E-state index contributed by atoms with van der Waals surface area (Å²) in [5, 5.41) is 0. The third-order valence-corrected chi connectivity index (χ3v) is 6.82. The van der Waals surface area contributed by atoms with Gasteiger partial charge in [-0.15, -0.1) is 0 Å². The lowest BCUT2D eigenvalue weighted by Crippen LogP contribution is -2.46. The van der Waals surface area contributed by atoms with Crippen LogP contribution in [-0.4, -0.2) is 43.8 Å². The van der Waals surface area contributed by atoms with Crippen LogP contribution in [0.4, 0.5) is 0 Å². The maximum atomic E-state index is 12.9. The van der Waals surface area contributed by atoms with Gasteiger partial charge in [0.2, 0.25) is 5.91 Å². The lowest BCUT2D eigenvalue weighted by molar-refractivity contribution is -0.132. The summed E-state index contributed by atoms with van der Waals surface area (Å²) < 4.78 is 0. The van der Waals surface area contributed by atoms with Crippen LogP contribution in [0.1, 0.15) is 74.2 Å². The third-order valence-electron chi connectivity index (χ3n) is 6.82. The van der Waals surface area contributed by atoms with Gasteiger partial charge in [-0.05, 0) is 39.5 Å². The molecule has 0 radical (unpaired) electrons. The fourth-order valence-electron chi connectivity index (χ4n) is 4.90. The molecular formula is C23H31N5O3. The van der Waals surface area contributed by atoms with E-state index in [1.165, 1.54) is 0 Å². The first kappa shape index (κ1) is 21.5. The number of H-pyrrole nitrogens is 2. The van der Waals surface area contributed by atoms with Crippen LogP contribution in [0.5, 0.6) is 0 Å². The van der Waals surface area contributed by atoms with Gasteiger partial charge in [-0.25, -0.2) is 9.97 Å². The van der Waals surface area contributed by atoms with Gasteiger partial charge in [0.1, 0.15) is 11.6 Å². The van der Waals surface area contributed by atoms with Crippen LogP contribution in [0, 0.1) is 13.8 Å². The molecule has 1 aliphatic heterocycles. The van der Waals surface area contributed by atoms with Crippen LogP contribution in [0.15, 0.2) is 9.59 Å². The Labute approximate surface area is 181 Å². The number of aromatic nitrogens is 4. The van der Waals surface area contributed by atoms with Crippen molar-refractivity contribution in [2.24, 2.45) is 0 Å². The second kappa shape index (κ2) is 7.43. The van der Waals surface area contributed by atoms with Crippen molar-refractivity contribution < 1.29 is 4.79 Å². The number of hydrogen-bond acceptors (Lipinski definition) is 5. The van der Waals surface area contributed by atoms with Gasteiger partial charge in [-0.2, -0.15) is 0 Å². The van der Waals surface area contributed by atoms with Crippen molar-refractivity contribution in [1.29, 1.82) is 0 Å². The first-order valence-electron chi connectivity index (χ1n) is 11.0. The molecule has 8 nitrogen and oxygen atoms in total. The van der Waals surface area contributed by atoms with Crippen molar-refractivity contribution in [2.45, 2.75) is 77.6 Å². The van der Waals surface area contributed by atoms with E-state index in [9.17, 15) is 14.4 Å². The predicted octanol–water partition coefficient (Wildman–Crippen LogP) is 1.82. The molecule has 0 unspecified atom stereocenters. The largest absolute Gasteiger partial charge is 0.342 e. The molecule has 1 spiro atoms. The average molecular weight is 426 g/mol. The highest BCUT2D eigenvalue weighted by Gasteiger charge is 2.45. The maximum absolute atomic E-state index is 12.9. The van der Waals surface area contributed by atoms with Crippen molar-refractivity contribution >= 4 is 5.91 Å². The number of carbonyl (C=O) groups is 1. The standard InChI is InChI=1S/C23H31N5O3/c1-13-16(20(31)25-14(2)24-13)12-17(29)28-10-8-23(9-11-28)7-6-15-18(23)26-21(22(3,4)5)27-19(15)30/h6-12H2,1-5H3,(H,24,25,31)(H,26,27,30). The minimum Gasteiger partial charge on any atom is -0.342 e. The van der Waals surface area contributed by atoms with E-state index in [4.69, 9.17) is 4.98 Å². The number of fused-ring (bicyclic) bond motifs is 2. The summed E-state index contributed by atoms with van der Waals surface area (Å²) in [4.78, 5) is 54.5. The highest BCUT2D eigenvalue weighted by atomic mass is 16.2. The van der Waals surface area contributed by atoms with Gasteiger partial charge in [0.15, 0.2) is 0 Å². The van der Waals surface area contributed by atoms with Gasteiger partial charge in [0.25, 0.3) is 11.1 Å². The molecule has 2 aromatic heterocycles. The number of aryl methyl sites for hydroxylation is 2. The first-order valence-corrected chi connectivity index (χ1v) is 11.0.